The normalized spacial score (nSPS) is 19.8. The molecule has 1 amide bonds. The van der Waals surface area contributed by atoms with Crippen LogP contribution in [0.5, 0.6) is 5.75 Å². The third-order valence-electron chi connectivity index (χ3n) is 4.70. The van der Waals surface area contributed by atoms with Crippen LogP contribution < -0.4 is 15.4 Å². The average molecular weight is 388 g/mol. The Morgan fingerprint density at radius 3 is 2.93 bits per heavy atom. The Balaban J connectivity index is 1.67. The van der Waals surface area contributed by atoms with Crippen molar-refractivity contribution in [2.24, 2.45) is 5.73 Å². The number of anilines is 1. The van der Waals surface area contributed by atoms with E-state index in [4.69, 9.17) is 15.2 Å². The number of alkyl halides is 3. The molecule has 1 aromatic rings. The Morgan fingerprint density at radius 1 is 1.37 bits per heavy atom. The molecule has 0 saturated carbocycles. The molecule has 0 radical (unpaired) electrons. The van der Waals surface area contributed by atoms with Crippen LogP contribution in [-0.4, -0.2) is 67.8 Å². The fourth-order valence-corrected chi connectivity index (χ4v) is 3.33. The monoisotopic (exact) mass is 388 g/mol. The van der Waals surface area contributed by atoms with Gasteiger partial charge >= 0.3 is 6.18 Å². The molecule has 2 aliphatic rings. The predicted octanol–water partition coefficient (Wildman–Crippen LogP) is 1.27. The number of hydrogen-bond acceptors (Lipinski definition) is 6. The summed E-state index contributed by atoms with van der Waals surface area (Å²) >= 11 is 0. The number of ether oxygens (including phenoxy) is 2. The first kappa shape index (κ1) is 19.7. The van der Waals surface area contributed by atoms with Gasteiger partial charge in [-0.05, 0) is 6.07 Å². The molecule has 1 saturated heterocycles. The molecule has 1 unspecified atom stereocenters. The maximum Gasteiger partial charge on any atom is 0.418 e. The summed E-state index contributed by atoms with van der Waals surface area (Å²) in [5.74, 6) is 0.545. The number of aromatic nitrogens is 1. The number of piperazine rings is 1. The first-order valence-corrected chi connectivity index (χ1v) is 8.92. The van der Waals surface area contributed by atoms with Gasteiger partial charge in [0.05, 0.1) is 37.8 Å². The largest absolute Gasteiger partial charge is 0.490 e. The number of pyridine rings is 1. The summed E-state index contributed by atoms with van der Waals surface area (Å²) in [5, 5.41) is 0. The van der Waals surface area contributed by atoms with Gasteiger partial charge in [-0.1, -0.05) is 0 Å². The van der Waals surface area contributed by atoms with Crippen LogP contribution in [0.2, 0.25) is 0 Å². The highest BCUT2D eigenvalue weighted by molar-refractivity contribution is 5.76. The molecule has 0 spiro atoms. The number of halogens is 3. The van der Waals surface area contributed by atoms with Gasteiger partial charge in [-0.3, -0.25) is 4.79 Å². The second-order valence-corrected chi connectivity index (χ2v) is 6.52. The molecule has 0 aromatic carbocycles. The first-order chi connectivity index (χ1) is 12.9. The third kappa shape index (κ3) is 4.62. The van der Waals surface area contributed by atoms with E-state index in [0.717, 1.165) is 12.3 Å². The second kappa shape index (κ2) is 8.30. The van der Waals surface area contributed by atoms with Crippen LogP contribution in [0.25, 0.3) is 0 Å². The van der Waals surface area contributed by atoms with Crippen LogP contribution in [0.4, 0.5) is 19.0 Å². The molecule has 2 aliphatic heterocycles. The summed E-state index contributed by atoms with van der Waals surface area (Å²) in [5.41, 5.74) is 4.51. The van der Waals surface area contributed by atoms with Gasteiger partial charge in [0.2, 0.25) is 5.91 Å². The van der Waals surface area contributed by atoms with Crippen molar-refractivity contribution in [1.82, 2.24) is 9.88 Å². The van der Waals surface area contributed by atoms with Crippen LogP contribution >= 0.6 is 0 Å². The van der Waals surface area contributed by atoms with Crippen molar-refractivity contribution in [2.45, 2.75) is 25.1 Å². The van der Waals surface area contributed by atoms with Gasteiger partial charge in [-0.2, -0.15) is 13.2 Å². The second-order valence-electron chi connectivity index (χ2n) is 6.52. The molecule has 1 aromatic heterocycles. The first-order valence-electron chi connectivity index (χ1n) is 8.92. The molecule has 150 valence electrons. The van der Waals surface area contributed by atoms with Crippen molar-refractivity contribution in [3.05, 3.63) is 17.8 Å². The highest BCUT2D eigenvalue weighted by atomic mass is 19.4. The Labute approximate surface area is 155 Å². The van der Waals surface area contributed by atoms with Crippen LogP contribution in [0.15, 0.2) is 12.3 Å². The van der Waals surface area contributed by atoms with Gasteiger partial charge in [0.15, 0.2) is 11.6 Å². The van der Waals surface area contributed by atoms with Crippen LogP contribution in [0, 0.1) is 0 Å². The quantitative estimate of drug-likeness (QED) is 0.765. The standard InChI is InChI=1S/C17H23F3N4O3/c18-17(19,20)12-9-14-16(22-10-12)24-5-4-23(11-13(24)1-7-27-14)15(25)2-6-26-8-3-21/h9-10,13H,1-8,11,21H2. The van der Waals surface area contributed by atoms with E-state index in [2.05, 4.69) is 4.98 Å². The molecule has 0 bridgehead atoms. The lowest BCUT2D eigenvalue weighted by atomic mass is 10.1. The van der Waals surface area contributed by atoms with Crippen LogP contribution in [-0.2, 0) is 15.7 Å². The lowest BCUT2D eigenvalue weighted by molar-refractivity contribution is -0.138. The summed E-state index contributed by atoms with van der Waals surface area (Å²) < 4.78 is 49.5. The fraction of sp³-hybridized carbons (Fsp3) is 0.647. The maximum absolute atomic E-state index is 12.9. The van der Waals surface area contributed by atoms with Gasteiger partial charge in [-0.15, -0.1) is 0 Å². The molecule has 10 heteroatoms. The van der Waals surface area contributed by atoms with Crippen molar-refractivity contribution in [2.75, 3.05) is 50.9 Å². The van der Waals surface area contributed by atoms with Gasteiger partial charge < -0.3 is 25.0 Å². The van der Waals surface area contributed by atoms with Crippen molar-refractivity contribution in [3.8, 4) is 5.75 Å². The molecule has 1 fully saturated rings. The van der Waals surface area contributed by atoms with E-state index in [1.54, 1.807) is 4.90 Å². The molecule has 3 heterocycles. The smallest absolute Gasteiger partial charge is 0.418 e. The fourth-order valence-electron chi connectivity index (χ4n) is 3.33. The van der Waals surface area contributed by atoms with Crippen molar-refractivity contribution in [1.29, 1.82) is 0 Å². The van der Waals surface area contributed by atoms with Crippen molar-refractivity contribution >= 4 is 11.7 Å². The Kier molecular flexibility index (Phi) is 6.05. The molecular weight excluding hydrogens is 365 g/mol. The highest BCUT2D eigenvalue weighted by Crippen LogP contribution is 2.37. The van der Waals surface area contributed by atoms with Crippen molar-refractivity contribution in [3.63, 3.8) is 0 Å². The molecular formula is C17H23F3N4O3. The summed E-state index contributed by atoms with van der Waals surface area (Å²) in [6, 6.07) is 0.954. The van der Waals surface area contributed by atoms with E-state index in [1.165, 1.54) is 0 Å². The minimum absolute atomic E-state index is 0.00237. The van der Waals surface area contributed by atoms with Crippen LogP contribution in [0.3, 0.4) is 0 Å². The highest BCUT2D eigenvalue weighted by Gasteiger charge is 2.36. The molecule has 1 atom stereocenters. The topological polar surface area (TPSA) is 80.9 Å². The summed E-state index contributed by atoms with van der Waals surface area (Å²) in [4.78, 5) is 20.1. The Morgan fingerprint density at radius 2 is 2.19 bits per heavy atom. The predicted molar refractivity (Wildman–Crippen MR) is 91.6 cm³/mol. The lowest BCUT2D eigenvalue weighted by Crippen LogP contribution is -2.55. The van der Waals surface area contributed by atoms with Gasteiger partial charge in [0, 0.05) is 38.8 Å². The number of hydrogen-bond donors (Lipinski definition) is 1. The zero-order chi connectivity index (χ0) is 19.4. The van der Waals surface area contributed by atoms with Crippen molar-refractivity contribution < 1.29 is 27.4 Å². The van der Waals surface area contributed by atoms with E-state index in [-0.39, 0.29) is 30.7 Å². The lowest BCUT2D eigenvalue weighted by Gasteiger charge is -2.41. The van der Waals surface area contributed by atoms with E-state index in [0.29, 0.717) is 51.6 Å². The number of carbonyl (C=O) groups excluding carboxylic acids is 1. The number of nitrogens with zero attached hydrogens (tertiary/aromatic N) is 3. The number of amides is 1. The van der Waals surface area contributed by atoms with E-state index < -0.39 is 11.7 Å². The Hall–Kier alpha value is -2.07. The minimum Gasteiger partial charge on any atom is -0.490 e. The van der Waals surface area contributed by atoms with Crippen LogP contribution in [0.1, 0.15) is 18.4 Å². The number of rotatable bonds is 5. The average Bonchev–Trinajstić information content (AvgIpc) is 2.82. The van der Waals surface area contributed by atoms with E-state index in [9.17, 15) is 18.0 Å². The minimum atomic E-state index is -4.46. The zero-order valence-corrected chi connectivity index (χ0v) is 14.9. The molecule has 3 rings (SSSR count). The summed E-state index contributed by atoms with van der Waals surface area (Å²) in [7, 11) is 0. The van der Waals surface area contributed by atoms with E-state index in [1.807, 2.05) is 4.90 Å². The summed E-state index contributed by atoms with van der Waals surface area (Å²) in [6.45, 7) is 2.90. The SMILES string of the molecule is NCCOCCC(=O)N1CCN2c3ncc(C(F)(F)F)cc3OCCC2C1. The molecule has 0 aliphatic carbocycles. The number of carbonyl (C=O) groups is 1. The number of fused-ring (bicyclic) bond motifs is 3. The molecule has 7 nitrogen and oxygen atoms in total. The summed E-state index contributed by atoms with van der Waals surface area (Å²) in [6.07, 6.45) is -2.75. The molecule has 2 N–H and O–H groups in total. The zero-order valence-electron chi connectivity index (χ0n) is 14.9. The van der Waals surface area contributed by atoms with E-state index >= 15 is 0 Å². The van der Waals surface area contributed by atoms with Gasteiger partial charge in [0.1, 0.15) is 0 Å². The third-order valence-corrected chi connectivity index (χ3v) is 4.70. The maximum atomic E-state index is 12.9. The number of nitrogens with two attached hydrogens (primary N) is 1. The van der Waals surface area contributed by atoms with Gasteiger partial charge in [0.25, 0.3) is 0 Å². The molecule has 27 heavy (non-hydrogen) atoms. The van der Waals surface area contributed by atoms with Gasteiger partial charge in [-0.25, -0.2) is 4.98 Å². The Bertz CT molecular complexity index is 671.